The molecule has 0 N–H and O–H groups in total. The third-order valence-corrected chi connectivity index (χ3v) is 29.1. The summed E-state index contributed by atoms with van der Waals surface area (Å²) in [7, 11) is -5.26. The van der Waals surface area contributed by atoms with Crippen LogP contribution in [-0.4, -0.2) is 52.2 Å². The Hall–Kier alpha value is -10.3. The Morgan fingerprint density at radius 1 is 0.214 bits per heavy atom. The fraction of sp³-hybridized carbons (Fsp3) is 0.118. The summed E-state index contributed by atoms with van der Waals surface area (Å²) >= 11 is 0. The second-order valence-electron chi connectivity index (χ2n) is 32.7. The fourth-order valence-corrected chi connectivity index (χ4v) is 18.9. The molecule has 0 saturated carbocycles. The Kier molecular flexibility index (Phi) is 24.2. The van der Waals surface area contributed by atoms with Gasteiger partial charge >= 0.3 is 0 Å². The molecule has 14 aromatic carbocycles. The van der Waals surface area contributed by atoms with E-state index in [4.69, 9.17) is 9.97 Å². The molecule has 0 aliphatic heterocycles. The van der Waals surface area contributed by atoms with Crippen molar-refractivity contribution in [1.29, 1.82) is 0 Å². The normalized spacial score (nSPS) is 11.6. The number of rotatable bonds is 11. The van der Waals surface area contributed by atoms with Crippen molar-refractivity contribution in [2.75, 3.05) is 0 Å². The Morgan fingerprint density at radius 2 is 0.562 bits per heavy atom. The molecule has 112 heavy (non-hydrogen) atoms. The van der Waals surface area contributed by atoms with E-state index in [2.05, 4.69) is 380 Å². The summed E-state index contributed by atoms with van der Waals surface area (Å²) in [6.07, 6.45) is 7.77. The minimum absolute atomic E-state index is 0. The molecule has 0 aliphatic carbocycles. The van der Waals surface area contributed by atoms with E-state index in [1.807, 2.05) is 60.9 Å². The molecule has 0 bridgehead atoms. The van der Waals surface area contributed by atoms with Crippen LogP contribution in [0.3, 0.4) is 0 Å². The Morgan fingerprint density at radius 3 is 0.982 bits per heavy atom. The molecule has 2 radical (unpaired) electrons. The van der Waals surface area contributed by atoms with Gasteiger partial charge in [-0.2, -0.15) is 0 Å². The molecular formula is C102H90Ir2N4Si4-4. The summed E-state index contributed by atoms with van der Waals surface area (Å²) < 4.78 is 0. The quantitative estimate of drug-likeness (QED) is 0.0736. The number of aromatic nitrogens is 4. The van der Waals surface area contributed by atoms with Crippen molar-refractivity contribution in [3.8, 4) is 78.4 Å². The summed E-state index contributed by atoms with van der Waals surface area (Å²) in [4.78, 5) is 18.4. The van der Waals surface area contributed by atoms with Gasteiger partial charge in [0.2, 0.25) is 0 Å². The third kappa shape index (κ3) is 17.8. The molecule has 10 heteroatoms. The Balaban J connectivity index is 0.000000141. The second-order valence-corrected chi connectivity index (χ2v) is 53.1. The first kappa shape index (κ1) is 79.7. The zero-order chi connectivity index (χ0) is 76.3. The number of hydrogen-bond donors (Lipinski definition) is 0. The zero-order valence-electron chi connectivity index (χ0n) is 65.6. The van der Waals surface area contributed by atoms with Gasteiger partial charge in [-0.3, -0.25) is 0 Å². The first-order valence-electron chi connectivity index (χ1n) is 38.1. The van der Waals surface area contributed by atoms with Gasteiger partial charge in [0.15, 0.2) is 0 Å². The average Bonchev–Trinajstić information content (AvgIpc) is 0.741. The van der Waals surface area contributed by atoms with Gasteiger partial charge in [0.25, 0.3) is 0 Å². The van der Waals surface area contributed by atoms with Gasteiger partial charge in [-0.1, -0.05) is 317 Å². The second kappa shape index (κ2) is 33.9. The van der Waals surface area contributed by atoms with Crippen LogP contribution < -0.4 is 20.7 Å². The predicted octanol–water partition coefficient (Wildman–Crippen LogP) is 25.4. The Labute approximate surface area is 692 Å². The van der Waals surface area contributed by atoms with Crippen molar-refractivity contribution < 1.29 is 40.2 Å². The minimum Gasteiger partial charge on any atom is -0.305 e. The zero-order valence-corrected chi connectivity index (χ0v) is 74.4. The standard InChI is InChI=1S/C38H30NSi.C36H28NSi.2C14H16NSi.2Ir/c1-40(2,3)31-18-21-38(39-25-31)30-17-20-35-34-19-16-29(23-36(34)32-14-7-8-15-33(32)37(35)24-30)28-13-9-12-27(22-28)26-10-5-4-6-11-26;1-38(2,3)29-16-19-36(37-23-29)28-15-18-33-32-17-14-27(26-13-12-24-8-4-5-9-25(24)20-26)21-34(32)30-10-6-7-11-31(30)35(33)22-28;2*1-16(2,3)13-8-6-7-12(11-13)14-9-4-5-10-15-14;;/h4-16,18-25H,1-3H3;4-14,16-23H,1-3H3;2*4-6,8-11H,1-3H3;;/q4*-1;;. The van der Waals surface area contributed by atoms with E-state index >= 15 is 0 Å². The average molecular weight is 1870 g/mol. The van der Waals surface area contributed by atoms with Gasteiger partial charge in [0, 0.05) is 65.0 Å². The van der Waals surface area contributed by atoms with Crippen molar-refractivity contribution in [3.05, 3.63) is 352 Å². The number of fused-ring (bicyclic) bond motifs is 13. The van der Waals surface area contributed by atoms with Crippen LogP contribution in [0, 0.1) is 24.3 Å². The number of nitrogens with zero attached hydrogens (tertiary/aromatic N) is 4. The molecule has 0 unspecified atom stereocenters. The van der Waals surface area contributed by atoms with Crippen LogP contribution in [0.5, 0.6) is 0 Å². The molecule has 4 heterocycles. The molecule has 4 nitrogen and oxygen atoms in total. The van der Waals surface area contributed by atoms with Gasteiger partial charge < -0.3 is 19.9 Å². The van der Waals surface area contributed by atoms with Crippen molar-refractivity contribution >= 4 is 128 Å². The fourth-order valence-electron chi connectivity index (χ4n) is 14.5. The third-order valence-electron chi connectivity index (χ3n) is 20.9. The van der Waals surface area contributed by atoms with Gasteiger partial charge in [0.1, 0.15) is 0 Å². The molecule has 0 aliphatic rings. The monoisotopic (exact) mass is 1870 g/mol. The van der Waals surface area contributed by atoms with Crippen LogP contribution in [0.4, 0.5) is 0 Å². The van der Waals surface area contributed by atoms with Crippen molar-refractivity contribution in [2.24, 2.45) is 0 Å². The van der Waals surface area contributed by atoms with E-state index in [1.54, 1.807) is 0 Å². The molecule has 0 saturated heterocycles. The smallest absolute Gasteiger partial charge is 0.0795 e. The Bertz CT molecular complexity index is 6240. The van der Waals surface area contributed by atoms with E-state index in [0.717, 1.165) is 45.0 Å². The maximum absolute atomic E-state index is 4.84. The van der Waals surface area contributed by atoms with E-state index in [-0.39, 0.29) is 40.2 Å². The van der Waals surface area contributed by atoms with Crippen LogP contribution in [0.1, 0.15) is 0 Å². The van der Waals surface area contributed by atoms with Crippen molar-refractivity contribution in [1.82, 2.24) is 19.9 Å². The molecule has 0 atom stereocenters. The van der Waals surface area contributed by atoms with E-state index in [0.29, 0.717) is 0 Å². The van der Waals surface area contributed by atoms with Crippen LogP contribution in [0.2, 0.25) is 78.6 Å². The molecule has 18 rings (SSSR count). The first-order valence-corrected chi connectivity index (χ1v) is 52.1. The van der Waals surface area contributed by atoms with Crippen LogP contribution >= 0.6 is 0 Å². The van der Waals surface area contributed by atoms with Gasteiger partial charge in [-0.25, -0.2) is 0 Å². The minimum atomic E-state index is -1.39. The number of pyridine rings is 4. The maximum Gasteiger partial charge on any atom is 0.0795 e. The van der Waals surface area contributed by atoms with Gasteiger partial charge in [-0.05, 0) is 146 Å². The summed E-state index contributed by atoms with van der Waals surface area (Å²) in [5.74, 6) is 0. The van der Waals surface area contributed by atoms with Gasteiger partial charge in [0.05, 0.1) is 32.3 Å². The van der Waals surface area contributed by atoms with Crippen LogP contribution in [0.25, 0.3) is 154 Å². The molecular weight excluding hydrogens is 1780 g/mol. The molecule has 4 aromatic heterocycles. The maximum atomic E-state index is 4.84. The predicted molar refractivity (Wildman–Crippen MR) is 485 cm³/mol. The first-order chi connectivity index (χ1) is 53.1. The number of benzene rings is 14. The molecule has 0 spiro atoms. The summed E-state index contributed by atoms with van der Waals surface area (Å²) in [5.41, 5.74) is 15.6. The molecule has 18 aromatic rings. The molecule has 0 amide bonds. The van der Waals surface area contributed by atoms with E-state index < -0.39 is 32.3 Å². The van der Waals surface area contributed by atoms with Gasteiger partial charge in [-0.15, -0.1) is 118 Å². The van der Waals surface area contributed by atoms with E-state index in [1.165, 1.54) is 130 Å². The van der Waals surface area contributed by atoms with Crippen molar-refractivity contribution in [3.63, 3.8) is 0 Å². The topological polar surface area (TPSA) is 51.6 Å². The largest absolute Gasteiger partial charge is 0.305 e. The molecule has 556 valence electrons. The summed E-state index contributed by atoms with van der Waals surface area (Å²) in [6, 6.07) is 122. The molecule has 0 fully saturated rings. The summed E-state index contributed by atoms with van der Waals surface area (Å²) in [6.45, 7) is 28.2. The van der Waals surface area contributed by atoms with Crippen LogP contribution in [-0.2, 0) is 40.2 Å². The SMILES string of the molecule is C[Si](C)(C)c1cc[c-]c(-c2ccccn2)c1.C[Si](C)(C)c1cc[c-]c(-c2ccccn2)c1.C[Si](C)(C)c1ccc(-c2[c-]cc3c4ccc(-c5ccc6ccccc6c5)cc4c4ccccc4c3c2)nc1.C[Si](C)(C)c1ccc(-c2[c-]cc3c4ccc(-c5cccc(-c6ccccc6)c5)cc4c4ccccc4c3c2)nc1.[Ir].[Ir]. The van der Waals surface area contributed by atoms with Crippen molar-refractivity contribution in [2.45, 2.75) is 78.6 Å². The summed E-state index contributed by atoms with van der Waals surface area (Å²) in [5, 5.41) is 23.2. The van der Waals surface area contributed by atoms with E-state index in [9.17, 15) is 0 Å². The van der Waals surface area contributed by atoms with Crippen LogP contribution in [0.15, 0.2) is 328 Å². The number of hydrogen-bond acceptors (Lipinski definition) is 4.